The molecule has 0 saturated carbocycles. The van der Waals surface area contributed by atoms with E-state index in [9.17, 15) is 0 Å². The van der Waals surface area contributed by atoms with Crippen LogP contribution in [0.1, 0.15) is 12.6 Å². The number of imidazole rings is 1. The summed E-state index contributed by atoms with van der Waals surface area (Å²) in [5, 5.41) is 4.30. The zero-order chi connectivity index (χ0) is 9.26. The monoisotopic (exact) mass is 176 g/mol. The van der Waals surface area contributed by atoms with E-state index < -0.39 is 0 Å². The summed E-state index contributed by atoms with van der Waals surface area (Å²) in [6, 6.07) is 1.97. The Labute approximate surface area is 76.8 Å². The van der Waals surface area contributed by atoms with Crippen molar-refractivity contribution >= 4 is 0 Å². The Kier molecular flexibility index (Phi) is 1.88. The van der Waals surface area contributed by atoms with Gasteiger partial charge in [-0.2, -0.15) is 5.10 Å². The van der Waals surface area contributed by atoms with Crippen molar-refractivity contribution in [3.8, 4) is 5.95 Å². The molecule has 2 aromatic heterocycles. The first kappa shape index (κ1) is 8.04. The van der Waals surface area contributed by atoms with Gasteiger partial charge in [-0.05, 0) is 19.9 Å². The van der Waals surface area contributed by atoms with E-state index in [1.165, 1.54) is 0 Å². The molecule has 2 aromatic rings. The second kappa shape index (κ2) is 3.05. The fourth-order valence-electron chi connectivity index (χ4n) is 1.29. The molecule has 0 unspecified atom stereocenters. The quantitative estimate of drug-likeness (QED) is 0.693. The van der Waals surface area contributed by atoms with Crippen LogP contribution in [0.4, 0.5) is 0 Å². The van der Waals surface area contributed by atoms with Crippen molar-refractivity contribution < 1.29 is 0 Å². The normalized spacial score (nSPS) is 10.6. The van der Waals surface area contributed by atoms with E-state index in [1.807, 2.05) is 30.0 Å². The Balaban J connectivity index is 2.45. The van der Waals surface area contributed by atoms with E-state index in [4.69, 9.17) is 0 Å². The van der Waals surface area contributed by atoms with Gasteiger partial charge in [0.25, 0.3) is 0 Å². The highest BCUT2D eigenvalue weighted by atomic mass is 15.4. The molecule has 0 atom stereocenters. The highest BCUT2D eigenvalue weighted by Gasteiger charge is 2.03. The lowest BCUT2D eigenvalue weighted by atomic mass is 10.5. The summed E-state index contributed by atoms with van der Waals surface area (Å²) in [5.41, 5.74) is 1.01. The van der Waals surface area contributed by atoms with Gasteiger partial charge in [0, 0.05) is 25.1 Å². The van der Waals surface area contributed by atoms with Crippen LogP contribution < -0.4 is 0 Å². The molecule has 0 fully saturated rings. The molecule has 0 amide bonds. The summed E-state index contributed by atoms with van der Waals surface area (Å²) >= 11 is 0. The predicted molar refractivity (Wildman–Crippen MR) is 49.8 cm³/mol. The predicted octanol–water partition coefficient (Wildman–Crippen LogP) is 1.40. The van der Waals surface area contributed by atoms with E-state index >= 15 is 0 Å². The molecule has 4 heteroatoms. The molecule has 0 saturated heterocycles. The molecule has 0 aliphatic carbocycles. The highest BCUT2D eigenvalue weighted by molar-refractivity contribution is 5.13. The Morgan fingerprint density at radius 1 is 1.38 bits per heavy atom. The minimum absolute atomic E-state index is 0.871. The van der Waals surface area contributed by atoms with Crippen molar-refractivity contribution in [3.63, 3.8) is 0 Å². The standard InChI is InChI=1S/C9H12N4/c1-3-12-7-5-10-9(12)13-6-4-8(2)11-13/h4-7H,3H2,1-2H3. The molecule has 0 N–H and O–H groups in total. The molecule has 0 radical (unpaired) electrons. The molecule has 2 rings (SSSR count). The van der Waals surface area contributed by atoms with E-state index in [0.29, 0.717) is 0 Å². The van der Waals surface area contributed by atoms with Gasteiger partial charge in [0.2, 0.25) is 5.95 Å². The summed E-state index contributed by atoms with van der Waals surface area (Å²) in [7, 11) is 0. The topological polar surface area (TPSA) is 35.6 Å². The van der Waals surface area contributed by atoms with Crippen molar-refractivity contribution in [2.45, 2.75) is 20.4 Å². The van der Waals surface area contributed by atoms with Gasteiger partial charge in [0.15, 0.2) is 0 Å². The Hall–Kier alpha value is -1.58. The lowest BCUT2D eigenvalue weighted by Gasteiger charge is -2.02. The van der Waals surface area contributed by atoms with Gasteiger partial charge in [-0.3, -0.25) is 0 Å². The van der Waals surface area contributed by atoms with E-state index in [0.717, 1.165) is 18.2 Å². The summed E-state index contributed by atoms with van der Waals surface area (Å²) in [4.78, 5) is 4.23. The fourth-order valence-corrected chi connectivity index (χ4v) is 1.29. The first-order valence-corrected chi connectivity index (χ1v) is 4.35. The molecule has 0 aliphatic rings. The highest BCUT2D eigenvalue weighted by Crippen LogP contribution is 2.04. The lowest BCUT2D eigenvalue weighted by Crippen LogP contribution is -2.05. The zero-order valence-corrected chi connectivity index (χ0v) is 7.81. The maximum absolute atomic E-state index is 4.30. The van der Waals surface area contributed by atoms with Gasteiger partial charge >= 0.3 is 0 Å². The van der Waals surface area contributed by atoms with Crippen molar-refractivity contribution in [3.05, 3.63) is 30.4 Å². The van der Waals surface area contributed by atoms with Gasteiger partial charge in [-0.1, -0.05) is 0 Å². The third kappa shape index (κ3) is 1.35. The number of aromatic nitrogens is 4. The fraction of sp³-hybridized carbons (Fsp3) is 0.333. The number of rotatable bonds is 2. The number of nitrogens with zero attached hydrogens (tertiary/aromatic N) is 4. The molecule has 0 bridgehead atoms. The van der Waals surface area contributed by atoms with Crippen LogP contribution in [0.25, 0.3) is 5.95 Å². The lowest BCUT2D eigenvalue weighted by molar-refractivity contribution is 0.683. The largest absolute Gasteiger partial charge is 0.316 e. The van der Waals surface area contributed by atoms with Crippen LogP contribution in [0.5, 0.6) is 0 Å². The van der Waals surface area contributed by atoms with Gasteiger partial charge in [-0.25, -0.2) is 9.67 Å². The minimum Gasteiger partial charge on any atom is -0.316 e. The molecule has 0 aromatic carbocycles. The van der Waals surface area contributed by atoms with Crippen molar-refractivity contribution in [1.82, 2.24) is 19.3 Å². The summed E-state index contributed by atoms with van der Waals surface area (Å²) in [5.74, 6) is 0.871. The maximum atomic E-state index is 4.30. The third-order valence-electron chi connectivity index (χ3n) is 1.96. The molecule has 0 spiro atoms. The molecule has 2 heterocycles. The van der Waals surface area contributed by atoms with E-state index in [1.54, 1.807) is 10.9 Å². The van der Waals surface area contributed by atoms with Crippen LogP contribution in [-0.2, 0) is 6.54 Å². The molecule has 4 nitrogen and oxygen atoms in total. The Bertz CT molecular complexity index is 399. The Morgan fingerprint density at radius 3 is 2.85 bits per heavy atom. The SMILES string of the molecule is CCn1ccnc1-n1ccc(C)n1. The Morgan fingerprint density at radius 2 is 2.23 bits per heavy atom. The zero-order valence-electron chi connectivity index (χ0n) is 7.81. The molecule has 0 aliphatic heterocycles. The average Bonchev–Trinajstić information content (AvgIpc) is 2.71. The molecular formula is C9H12N4. The van der Waals surface area contributed by atoms with Gasteiger partial charge < -0.3 is 4.57 Å². The van der Waals surface area contributed by atoms with Crippen LogP contribution >= 0.6 is 0 Å². The van der Waals surface area contributed by atoms with E-state index in [-0.39, 0.29) is 0 Å². The first-order chi connectivity index (χ1) is 6.31. The summed E-state index contributed by atoms with van der Waals surface area (Å²) in [6.07, 6.45) is 5.66. The van der Waals surface area contributed by atoms with E-state index in [2.05, 4.69) is 17.0 Å². The second-order valence-corrected chi connectivity index (χ2v) is 2.91. The molecular weight excluding hydrogens is 164 g/mol. The number of hydrogen-bond acceptors (Lipinski definition) is 2. The minimum atomic E-state index is 0.871. The second-order valence-electron chi connectivity index (χ2n) is 2.91. The summed E-state index contributed by atoms with van der Waals surface area (Å²) in [6.45, 7) is 4.96. The maximum Gasteiger partial charge on any atom is 0.230 e. The van der Waals surface area contributed by atoms with Crippen molar-refractivity contribution in [2.24, 2.45) is 0 Å². The third-order valence-corrected chi connectivity index (χ3v) is 1.96. The van der Waals surface area contributed by atoms with Crippen LogP contribution in [0, 0.1) is 6.92 Å². The van der Waals surface area contributed by atoms with Gasteiger partial charge in [0.05, 0.1) is 5.69 Å². The number of hydrogen-bond donors (Lipinski definition) is 0. The summed E-state index contributed by atoms with van der Waals surface area (Å²) < 4.78 is 3.84. The van der Waals surface area contributed by atoms with Crippen LogP contribution in [0.2, 0.25) is 0 Å². The van der Waals surface area contributed by atoms with Crippen molar-refractivity contribution in [1.29, 1.82) is 0 Å². The van der Waals surface area contributed by atoms with Crippen molar-refractivity contribution in [2.75, 3.05) is 0 Å². The van der Waals surface area contributed by atoms with Gasteiger partial charge in [-0.15, -0.1) is 0 Å². The van der Waals surface area contributed by atoms with Gasteiger partial charge in [0.1, 0.15) is 0 Å². The van der Waals surface area contributed by atoms with Crippen LogP contribution in [0.15, 0.2) is 24.7 Å². The number of aryl methyl sites for hydroxylation is 2. The molecule has 68 valence electrons. The van der Waals surface area contributed by atoms with Crippen LogP contribution in [-0.4, -0.2) is 19.3 Å². The first-order valence-electron chi connectivity index (χ1n) is 4.35. The average molecular weight is 176 g/mol. The van der Waals surface area contributed by atoms with Crippen LogP contribution in [0.3, 0.4) is 0 Å². The smallest absolute Gasteiger partial charge is 0.230 e. The molecule has 13 heavy (non-hydrogen) atoms.